The van der Waals surface area contributed by atoms with Gasteiger partial charge in [-0.1, -0.05) is 97.4 Å². The second-order valence-corrected chi connectivity index (χ2v) is 12.2. The van der Waals surface area contributed by atoms with E-state index in [-0.39, 0.29) is 5.97 Å². The van der Waals surface area contributed by atoms with Crippen LogP contribution in [0.25, 0.3) is 0 Å². The predicted octanol–water partition coefficient (Wildman–Crippen LogP) is 7.02. The van der Waals surface area contributed by atoms with Gasteiger partial charge in [-0.05, 0) is 56.8 Å². The maximum Gasteiger partial charge on any atom is 0.337 e. The number of esters is 2. The molecular weight excluding hydrogens is 548 g/mol. The molecule has 1 fully saturated rings. The molecule has 0 radical (unpaired) electrons. The van der Waals surface area contributed by atoms with Crippen molar-refractivity contribution >= 4 is 11.9 Å². The van der Waals surface area contributed by atoms with Crippen LogP contribution in [-0.4, -0.2) is 49.2 Å². The van der Waals surface area contributed by atoms with Gasteiger partial charge < -0.3 is 14.8 Å². The van der Waals surface area contributed by atoms with Crippen LogP contribution in [0.4, 0.5) is 0 Å². The monoisotopic (exact) mass is 592 g/mol. The van der Waals surface area contributed by atoms with Crippen molar-refractivity contribution in [3.8, 4) is 0 Å². The molecule has 2 aliphatic rings. The summed E-state index contributed by atoms with van der Waals surface area (Å²) in [5.41, 5.74) is 6.21. The van der Waals surface area contributed by atoms with Crippen LogP contribution in [0.1, 0.15) is 74.1 Å². The summed E-state index contributed by atoms with van der Waals surface area (Å²) in [5.74, 6) is -1.13. The molecular formula is C38H44N2O4. The van der Waals surface area contributed by atoms with Crippen LogP contribution >= 0.6 is 0 Å². The Bertz CT molecular complexity index is 1510. The van der Waals surface area contributed by atoms with E-state index in [9.17, 15) is 9.59 Å². The number of nitrogens with one attached hydrogen (secondary N) is 1. The first-order chi connectivity index (χ1) is 21.2. The third-order valence-corrected chi connectivity index (χ3v) is 9.25. The molecule has 3 aromatic rings. The van der Waals surface area contributed by atoms with Crippen molar-refractivity contribution in [3.63, 3.8) is 0 Å². The number of dihydropyridines is 1. The zero-order chi connectivity index (χ0) is 31.3. The van der Waals surface area contributed by atoms with Crippen LogP contribution in [0.15, 0.2) is 107 Å². The Hall–Kier alpha value is -4.16. The number of carbonyl (C=O) groups excluding carboxylic acids is 2. The Morgan fingerprint density at radius 1 is 0.886 bits per heavy atom. The van der Waals surface area contributed by atoms with Crippen LogP contribution in [0.5, 0.6) is 0 Å². The number of carbonyl (C=O) groups is 2. The summed E-state index contributed by atoms with van der Waals surface area (Å²) in [6.07, 6.45) is 2.45. The van der Waals surface area contributed by atoms with E-state index in [2.05, 4.69) is 77.8 Å². The molecule has 0 spiro atoms. The van der Waals surface area contributed by atoms with Crippen molar-refractivity contribution in [1.82, 2.24) is 10.2 Å². The van der Waals surface area contributed by atoms with E-state index in [1.807, 2.05) is 45.0 Å². The summed E-state index contributed by atoms with van der Waals surface area (Å²) in [4.78, 5) is 29.7. The molecule has 0 unspecified atom stereocenters. The Labute approximate surface area is 261 Å². The second-order valence-electron chi connectivity index (χ2n) is 12.2. The van der Waals surface area contributed by atoms with Gasteiger partial charge in [0.2, 0.25) is 0 Å². The summed E-state index contributed by atoms with van der Waals surface area (Å²) < 4.78 is 11.7. The Morgan fingerprint density at radius 2 is 1.50 bits per heavy atom. The number of allylic oxidation sites excluding steroid dienone is 2. The number of likely N-dealkylation sites (tertiary alicyclic amines) is 1. The number of methoxy groups -OCH3 is 1. The summed E-state index contributed by atoms with van der Waals surface area (Å²) >= 11 is 0. The summed E-state index contributed by atoms with van der Waals surface area (Å²) in [6, 6.07) is 29.3. The van der Waals surface area contributed by atoms with Crippen molar-refractivity contribution < 1.29 is 19.1 Å². The molecule has 44 heavy (non-hydrogen) atoms. The SMILES string of the molecule is CC[C@]1(OC(=O)C2=C(C)NC(C)=C(C(=O)OC)[C@@H]2c2cccc(C)c2)CCN(CCC(c2ccccc2)c2ccccc2)C1. The van der Waals surface area contributed by atoms with Crippen molar-refractivity contribution in [3.05, 3.63) is 130 Å². The molecule has 0 bridgehead atoms. The van der Waals surface area contributed by atoms with E-state index in [4.69, 9.17) is 9.47 Å². The van der Waals surface area contributed by atoms with Gasteiger partial charge in [0, 0.05) is 36.8 Å². The number of ether oxygens (including phenoxy) is 2. The van der Waals surface area contributed by atoms with E-state index >= 15 is 0 Å². The number of benzene rings is 3. The summed E-state index contributed by atoms with van der Waals surface area (Å²) in [6.45, 7) is 10.3. The van der Waals surface area contributed by atoms with Gasteiger partial charge in [0.1, 0.15) is 5.60 Å². The third kappa shape index (κ3) is 6.66. The van der Waals surface area contributed by atoms with Crippen molar-refractivity contribution in [2.75, 3.05) is 26.7 Å². The lowest BCUT2D eigenvalue weighted by Gasteiger charge is -2.34. The number of hydrogen-bond donors (Lipinski definition) is 1. The number of rotatable bonds is 10. The van der Waals surface area contributed by atoms with Gasteiger partial charge >= 0.3 is 11.9 Å². The number of hydrogen-bond acceptors (Lipinski definition) is 6. The molecule has 0 aliphatic carbocycles. The van der Waals surface area contributed by atoms with Gasteiger partial charge in [0.05, 0.1) is 24.2 Å². The fourth-order valence-electron chi connectivity index (χ4n) is 6.85. The molecule has 2 aliphatic heterocycles. The molecule has 6 heteroatoms. The fourth-order valence-corrected chi connectivity index (χ4v) is 6.85. The third-order valence-electron chi connectivity index (χ3n) is 9.25. The highest BCUT2D eigenvalue weighted by Gasteiger charge is 2.44. The lowest BCUT2D eigenvalue weighted by molar-refractivity contribution is -0.154. The molecule has 6 nitrogen and oxygen atoms in total. The minimum absolute atomic E-state index is 0.291. The highest BCUT2D eigenvalue weighted by atomic mass is 16.6. The molecule has 0 amide bonds. The fraction of sp³-hybridized carbons (Fsp3) is 0.368. The molecule has 2 heterocycles. The van der Waals surface area contributed by atoms with Crippen molar-refractivity contribution in [1.29, 1.82) is 0 Å². The second kappa shape index (κ2) is 13.6. The maximum atomic E-state index is 14.2. The summed E-state index contributed by atoms with van der Waals surface area (Å²) in [5, 5.41) is 3.27. The first-order valence-electron chi connectivity index (χ1n) is 15.6. The molecule has 230 valence electrons. The average molecular weight is 593 g/mol. The van der Waals surface area contributed by atoms with Crippen LogP contribution < -0.4 is 5.32 Å². The molecule has 1 N–H and O–H groups in total. The normalized spacial score (nSPS) is 20.5. The lowest BCUT2D eigenvalue weighted by Crippen LogP contribution is -2.40. The van der Waals surface area contributed by atoms with Gasteiger partial charge in [-0.25, -0.2) is 9.59 Å². The van der Waals surface area contributed by atoms with Crippen molar-refractivity contribution in [2.45, 2.75) is 64.4 Å². The van der Waals surface area contributed by atoms with Crippen LogP contribution in [0.2, 0.25) is 0 Å². The highest BCUT2D eigenvalue weighted by Crippen LogP contribution is 2.41. The van der Waals surface area contributed by atoms with Crippen LogP contribution in [0, 0.1) is 6.92 Å². The van der Waals surface area contributed by atoms with Gasteiger partial charge in [0.15, 0.2) is 0 Å². The van der Waals surface area contributed by atoms with E-state index in [1.54, 1.807) is 0 Å². The first kappa shape index (κ1) is 31.3. The maximum absolute atomic E-state index is 14.2. The molecule has 3 aromatic carbocycles. The van der Waals surface area contributed by atoms with Gasteiger partial charge in [-0.15, -0.1) is 0 Å². The topological polar surface area (TPSA) is 67.9 Å². The average Bonchev–Trinajstić information content (AvgIpc) is 3.44. The number of aryl methyl sites for hydroxylation is 1. The van der Waals surface area contributed by atoms with Crippen LogP contribution in [-0.2, 0) is 19.1 Å². The van der Waals surface area contributed by atoms with Gasteiger partial charge in [-0.3, -0.25) is 4.90 Å². The predicted molar refractivity (Wildman–Crippen MR) is 174 cm³/mol. The first-order valence-corrected chi connectivity index (χ1v) is 15.6. The lowest BCUT2D eigenvalue weighted by atomic mass is 9.80. The molecule has 5 rings (SSSR count). The molecule has 0 saturated carbocycles. The van der Waals surface area contributed by atoms with Crippen molar-refractivity contribution in [2.24, 2.45) is 0 Å². The zero-order valence-corrected chi connectivity index (χ0v) is 26.6. The Morgan fingerprint density at radius 3 is 2.07 bits per heavy atom. The van der Waals surface area contributed by atoms with Gasteiger partial charge in [0.25, 0.3) is 0 Å². The van der Waals surface area contributed by atoms with E-state index in [0.717, 1.165) is 37.1 Å². The Kier molecular flexibility index (Phi) is 9.70. The smallest absolute Gasteiger partial charge is 0.337 e. The number of nitrogens with zero attached hydrogens (tertiary/aromatic N) is 1. The highest BCUT2D eigenvalue weighted by molar-refractivity contribution is 6.00. The summed E-state index contributed by atoms with van der Waals surface area (Å²) in [7, 11) is 1.37. The minimum atomic E-state index is -0.599. The standard InChI is InChI=1S/C38H44N2O4/c1-6-38(21-23-40(25-38)22-20-32(29-15-9-7-10-16-29)30-17-11-8-12-18-30)44-37(42)34-28(4)39-27(3)33(36(41)43-5)35(34)31-19-13-14-26(2)24-31/h7-19,24,32,35,39H,6,20-23,25H2,1-5H3/t35-,38-/m0/s1. The van der Waals surface area contributed by atoms with E-state index < -0.39 is 17.5 Å². The zero-order valence-electron chi connectivity index (χ0n) is 26.6. The van der Waals surface area contributed by atoms with Gasteiger partial charge in [-0.2, -0.15) is 0 Å². The minimum Gasteiger partial charge on any atom is -0.466 e. The quantitative estimate of drug-likeness (QED) is 0.255. The Balaban J connectivity index is 1.35. The van der Waals surface area contributed by atoms with Crippen LogP contribution in [0.3, 0.4) is 0 Å². The largest absolute Gasteiger partial charge is 0.466 e. The molecule has 2 atom stereocenters. The van der Waals surface area contributed by atoms with E-state index in [1.165, 1.54) is 18.2 Å². The molecule has 0 aromatic heterocycles. The van der Waals surface area contributed by atoms with E-state index in [0.29, 0.717) is 41.4 Å². The molecule has 1 saturated heterocycles.